The fourth-order valence-electron chi connectivity index (χ4n) is 3.13. The van der Waals surface area contributed by atoms with E-state index in [9.17, 15) is 4.79 Å². The van der Waals surface area contributed by atoms with Gasteiger partial charge in [0.15, 0.2) is 0 Å². The molecule has 3 rings (SSSR count). The molecule has 1 heterocycles. The van der Waals surface area contributed by atoms with Crippen LogP contribution in [0.1, 0.15) is 38.7 Å². The van der Waals surface area contributed by atoms with Gasteiger partial charge in [0.1, 0.15) is 0 Å². The van der Waals surface area contributed by atoms with Crippen molar-refractivity contribution in [1.29, 1.82) is 0 Å². The van der Waals surface area contributed by atoms with Crippen LogP contribution in [0.25, 0.3) is 0 Å². The molecule has 1 aliphatic rings. The highest BCUT2D eigenvalue weighted by Gasteiger charge is 2.20. The quantitative estimate of drug-likeness (QED) is 0.914. The lowest BCUT2D eigenvalue weighted by Gasteiger charge is -2.27. The third-order valence-corrected chi connectivity index (χ3v) is 4.31. The van der Waals surface area contributed by atoms with Gasteiger partial charge in [0.05, 0.1) is 0 Å². The minimum absolute atomic E-state index is 0.00218. The van der Waals surface area contributed by atoms with E-state index in [1.165, 1.54) is 16.7 Å². The molecular weight excluding hydrogens is 272 g/mol. The molecule has 1 unspecified atom stereocenters. The zero-order chi connectivity index (χ0) is 15.5. The second-order valence-corrected chi connectivity index (χ2v) is 5.98. The van der Waals surface area contributed by atoms with E-state index in [0.717, 1.165) is 24.1 Å². The number of carbonyl (C=O) groups excluding carboxylic acids is 1. The molecule has 0 aliphatic carbocycles. The van der Waals surface area contributed by atoms with E-state index in [-0.39, 0.29) is 11.9 Å². The normalized spacial score (nSPS) is 16.9. The summed E-state index contributed by atoms with van der Waals surface area (Å²) in [5.41, 5.74) is 5.64. The van der Waals surface area contributed by atoms with Gasteiger partial charge in [-0.05, 0) is 49.6 Å². The molecule has 1 amide bonds. The summed E-state index contributed by atoms with van der Waals surface area (Å²) in [4.78, 5) is 12.4. The Balaban J connectivity index is 1.69. The fraction of sp³-hybridized carbons (Fsp3) is 0.316. The molecule has 0 aromatic heterocycles. The Morgan fingerprint density at radius 2 is 2.05 bits per heavy atom. The maximum Gasteiger partial charge on any atom is 0.251 e. The van der Waals surface area contributed by atoms with E-state index >= 15 is 0 Å². The van der Waals surface area contributed by atoms with Crippen LogP contribution in [-0.2, 0) is 6.42 Å². The van der Waals surface area contributed by atoms with Crippen LogP contribution in [0.5, 0.6) is 0 Å². The van der Waals surface area contributed by atoms with Crippen LogP contribution in [0.15, 0.2) is 42.5 Å². The number of hydrogen-bond acceptors (Lipinski definition) is 2. The van der Waals surface area contributed by atoms with E-state index in [1.54, 1.807) is 0 Å². The van der Waals surface area contributed by atoms with Crippen LogP contribution in [0.3, 0.4) is 0 Å². The summed E-state index contributed by atoms with van der Waals surface area (Å²) < 4.78 is 0. The Kier molecular flexibility index (Phi) is 4.25. The molecular formula is C19H22N2O. The van der Waals surface area contributed by atoms with Crippen LogP contribution < -0.4 is 10.6 Å². The highest BCUT2D eigenvalue weighted by atomic mass is 16.1. The Morgan fingerprint density at radius 1 is 1.23 bits per heavy atom. The van der Waals surface area contributed by atoms with Crippen molar-refractivity contribution in [3.63, 3.8) is 0 Å². The Labute approximate surface area is 131 Å². The first-order valence-electron chi connectivity index (χ1n) is 7.82. The predicted molar refractivity (Wildman–Crippen MR) is 89.1 cm³/mol. The van der Waals surface area contributed by atoms with Crippen LogP contribution in [0.2, 0.25) is 0 Å². The van der Waals surface area contributed by atoms with E-state index in [0.29, 0.717) is 6.54 Å². The highest BCUT2D eigenvalue weighted by molar-refractivity contribution is 5.95. The van der Waals surface area contributed by atoms with Crippen molar-refractivity contribution in [3.05, 3.63) is 70.3 Å². The predicted octanol–water partition coefficient (Wildman–Crippen LogP) is 2.92. The number of fused-ring (bicyclic) bond motifs is 1. The molecule has 2 N–H and O–H groups in total. The van der Waals surface area contributed by atoms with Gasteiger partial charge >= 0.3 is 0 Å². The summed E-state index contributed by atoms with van der Waals surface area (Å²) >= 11 is 0. The van der Waals surface area contributed by atoms with Crippen LogP contribution in [0.4, 0.5) is 0 Å². The lowest BCUT2D eigenvalue weighted by atomic mass is 9.94. The first-order valence-corrected chi connectivity index (χ1v) is 7.82. The molecule has 0 spiro atoms. The van der Waals surface area contributed by atoms with Gasteiger partial charge < -0.3 is 10.6 Å². The zero-order valence-corrected chi connectivity index (χ0v) is 13.1. The molecule has 3 nitrogen and oxygen atoms in total. The SMILES string of the molecule is Cc1ccc(C(=O)NCC2NCCc3ccccc32)c(C)c1. The Morgan fingerprint density at radius 3 is 2.86 bits per heavy atom. The molecule has 0 fully saturated rings. The van der Waals surface area contributed by atoms with Crippen molar-refractivity contribution in [2.24, 2.45) is 0 Å². The van der Waals surface area contributed by atoms with Gasteiger partial charge in [-0.2, -0.15) is 0 Å². The molecule has 22 heavy (non-hydrogen) atoms. The largest absolute Gasteiger partial charge is 0.350 e. The average Bonchev–Trinajstić information content (AvgIpc) is 2.52. The third-order valence-electron chi connectivity index (χ3n) is 4.31. The summed E-state index contributed by atoms with van der Waals surface area (Å²) in [7, 11) is 0. The molecule has 114 valence electrons. The van der Waals surface area contributed by atoms with Gasteiger partial charge in [-0.15, -0.1) is 0 Å². The maximum atomic E-state index is 12.4. The zero-order valence-electron chi connectivity index (χ0n) is 13.1. The fourth-order valence-corrected chi connectivity index (χ4v) is 3.13. The van der Waals surface area contributed by atoms with Gasteiger partial charge in [0, 0.05) is 18.2 Å². The van der Waals surface area contributed by atoms with E-state index < -0.39 is 0 Å². The third kappa shape index (κ3) is 3.04. The standard InChI is InChI=1S/C19H22N2O/c1-13-7-8-16(14(2)11-13)19(22)21-12-18-17-6-4-3-5-15(17)9-10-20-18/h3-8,11,18,20H,9-10,12H2,1-2H3,(H,21,22). The molecule has 1 aliphatic heterocycles. The van der Waals surface area contributed by atoms with Gasteiger partial charge in [-0.1, -0.05) is 42.0 Å². The number of nitrogens with one attached hydrogen (secondary N) is 2. The highest BCUT2D eigenvalue weighted by Crippen LogP contribution is 2.22. The van der Waals surface area contributed by atoms with Gasteiger partial charge in [-0.3, -0.25) is 4.79 Å². The molecule has 0 saturated heterocycles. The lowest BCUT2D eigenvalue weighted by molar-refractivity contribution is 0.0948. The van der Waals surface area contributed by atoms with Crippen molar-refractivity contribution in [1.82, 2.24) is 10.6 Å². The van der Waals surface area contributed by atoms with E-state index in [2.05, 4.69) is 34.9 Å². The summed E-state index contributed by atoms with van der Waals surface area (Å²) in [6.45, 7) is 5.60. The monoisotopic (exact) mass is 294 g/mol. The molecule has 0 saturated carbocycles. The first kappa shape index (κ1) is 14.8. The van der Waals surface area contributed by atoms with Crippen LogP contribution >= 0.6 is 0 Å². The second-order valence-electron chi connectivity index (χ2n) is 5.98. The molecule has 2 aromatic rings. The minimum Gasteiger partial charge on any atom is -0.350 e. The van der Waals surface area contributed by atoms with Crippen molar-refractivity contribution in [2.45, 2.75) is 26.3 Å². The number of rotatable bonds is 3. The summed E-state index contributed by atoms with van der Waals surface area (Å²) in [5.74, 6) is 0.00218. The van der Waals surface area contributed by atoms with E-state index in [1.807, 2.05) is 32.0 Å². The Hall–Kier alpha value is -2.13. The number of carbonyl (C=O) groups is 1. The molecule has 0 bridgehead atoms. The Bertz CT molecular complexity index is 694. The topological polar surface area (TPSA) is 41.1 Å². The molecule has 1 atom stereocenters. The number of benzene rings is 2. The van der Waals surface area contributed by atoms with Crippen molar-refractivity contribution in [2.75, 3.05) is 13.1 Å². The summed E-state index contributed by atoms with van der Waals surface area (Å²) in [5, 5.41) is 6.56. The minimum atomic E-state index is 0.00218. The van der Waals surface area contributed by atoms with Crippen LogP contribution in [0, 0.1) is 13.8 Å². The number of amides is 1. The molecule has 2 aromatic carbocycles. The second kappa shape index (κ2) is 6.32. The van der Waals surface area contributed by atoms with E-state index in [4.69, 9.17) is 0 Å². The maximum absolute atomic E-state index is 12.4. The average molecular weight is 294 g/mol. The molecule has 0 radical (unpaired) electrons. The van der Waals surface area contributed by atoms with Crippen molar-refractivity contribution < 1.29 is 4.79 Å². The van der Waals surface area contributed by atoms with Gasteiger partial charge in [0.2, 0.25) is 0 Å². The summed E-state index contributed by atoms with van der Waals surface area (Å²) in [6.07, 6.45) is 1.05. The van der Waals surface area contributed by atoms with Crippen LogP contribution in [-0.4, -0.2) is 19.0 Å². The number of aryl methyl sites for hydroxylation is 2. The van der Waals surface area contributed by atoms with Crippen molar-refractivity contribution >= 4 is 5.91 Å². The number of hydrogen-bond donors (Lipinski definition) is 2. The first-order chi connectivity index (χ1) is 10.6. The smallest absolute Gasteiger partial charge is 0.251 e. The van der Waals surface area contributed by atoms with Gasteiger partial charge in [0.25, 0.3) is 5.91 Å². The van der Waals surface area contributed by atoms with Gasteiger partial charge in [-0.25, -0.2) is 0 Å². The summed E-state index contributed by atoms with van der Waals surface area (Å²) in [6, 6.07) is 14.6. The lowest BCUT2D eigenvalue weighted by Crippen LogP contribution is -2.39. The van der Waals surface area contributed by atoms with Crippen molar-refractivity contribution in [3.8, 4) is 0 Å². The molecule has 3 heteroatoms.